The molecule has 2 N–H and O–H groups in total. The van der Waals surface area contributed by atoms with Gasteiger partial charge in [-0.2, -0.15) is 0 Å². The predicted molar refractivity (Wildman–Crippen MR) is 64.9 cm³/mol. The third-order valence-corrected chi connectivity index (χ3v) is 2.38. The van der Waals surface area contributed by atoms with Crippen LogP contribution in [0.3, 0.4) is 0 Å². The highest BCUT2D eigenvalue weighted by atomic mass is 35.5. The van der Waals surface area contributed by atoms with Gasteiger partial charge in [0.2, 0.25) is 5.88 Å². The number of aryl methyl sites for hydroxylation is 1. The number of nitrogens with zero attached hydrogens (tertiary/aromatic N) is 1. The Morgan fingerprint density at radius 3 is 2.69 bits per heavy atom. The smallest absolute Gasteiger partial charge is 0.242 e. The Morgan fingerprint density at radius 2 is 1.94 bits per heavy atom. The van der Waals surface area contributed by atoms with Gasteiger partial charge in [-0.05, 0) is 31.2 Å². The highest BCUT2D eigenvalue weighted by Gasteiger charge is 2.06. The van der Waals surface area contributed by atoms with Gasteiger partial charge in [0.1, 0.15) is 5.75 Å². The van der Waals surface area contributed by atoms with Crippen LogP contribution in [0.25, 0.3) is 0 Å². The second-order valence-corrected chi connectivity index (χ2v) is 3.79. The molecule has 2 rings (SSSR count). The average molecular weight is 235 g/mol. The van der Waals surface area contributed by atoms with E-state index in [0.717, 1.165) is 5.69 Å². The number of anilines is 1. The number of aromatic nitrogens is 1. The van der Waals surface area contributed by atoms with Gasteiger partial charge in [0.25, 0.3) is 0 Å². The first-order valence-electron chi connectivity index (χ1n) is 4.82. The normalized spacial score (nSPS) is 10.1. The Kier molecular flexibility index (Phi) is 2.97. The van der Waals surface area contributed by atoms with E-state index in [1.165, 1.54) is 0 Å². The molecule has 0 unspecified atom stereocenters. The Labute approximate surface area is 98.8 Å². The van der Waals surface area contributed by atoms with E-state index in [4.69, 9.17) is 22.1 Å². The molecule has 0 bridgehead atoms. The van der Waals surface area contributed by atoms with Gasteiger partial charge in [-0.25, -0.2) is 4.98 Å². The van der Waals surface area contributed by atoms with Gasteiger partial charge in [-0.15, -0.1) is 0 Å². The molecule has 2 aromatic rings. The highest BCUT2D eigenvalue weighted by molar-refractivity contribution is 6.32. The lowest BCUT2D eigenvalue weighted by molar-refractivity contribution is 0.464. The number of pyridine rings is 1. The molecule has 0 radical (unpaired) electrons. The average Bonchev–Trinajstić information content (AvgIpc) is 2.27. The zero-order valence-electron chi connectivity index (χ0n) is 8.77. The van der Waals surface area contributed by atoms with Crippen LogP contribution in [0.15, 0.2) is 36.4 Å². The van der Waals surface area contributed by atoms with Crippen molar-refractivity contribution < 1.29 is 4.74 Å². The lowest BCUT2D eigenvalue weighted by Gasteiger charge is -2.08. The van der Waals surface area contributed by atoms with Crippen molar-refractivity contribution in [1.29, 1.82) is 0 Å². The lowest BCUT2D eigenvalue weighted by Crippen LogP contribution is -1.96. The first kappa shape index (κ1) is 10.8. The summed E-state index contributed by atoms with van der Waals surface area (Å²) < 4.78 is 5.55. The van der Waals surface area contributed by atoms with E-state index in [0.29, 0.717) is 22.3 Å². The summed E-state index contributed by atoms with van der Waals surface area (Å²) in [5.74, 6) is 0.932. The summed E-state index contributed by atoms with van der Waals surface area (Å²) in [5, 5.41) is 0.533. The molecule has 3 nitrogen and oxygen atoms in total. The molecule has 1 aromatic carbocycles. The molecule has 16 heavy (non-hydrogen) atoms. The summed E-state index contributed by atoms with van der Waals surface area (Å²) in [6, 6.07) is 10.8. The molecule has 0 saturated carbocycles. The third-order valence-electron chi connectivity index (χ3n) is 2.07. The number of hydrogen-bond donors (Lipinski definition) is 1. The number of rotatable bonds is 2. The van der Waals surface area contributed by atoms with Crippen LogP contribution in [0.2, 0.25) is 5.02 Å². The van der Waals surface area contributed by atoms with Crippen molar-refractivity contribution in [2.75, 3.05) is 5.73 Å². The highest BCUT2D eigenvalue weighted by Crippen LogP contribution is 2.30. The monoisotopic (exact) mass is 234 g/mol. The van der Waals surface area contributed by atoms with Crippen LogP contribution >= 0.6 is 11.6 Å². The van der Waals surface area contributed by atoms with E-state index >= 15 is 0 Å². The van der Waals surface area contributed by atoms with Gasteiger partial charge in [0.05, 0.1) is 10.7 Å². The van der Waals surface area contributed by atoms with Crippen molar-refractivity contribution in [2.24, 2.45) is 0 Å². The number of halogens is 1. The van der Waals surface area contributed by atoms with Gasteiger partial charge < -0.3 is 10.5 Å². The fourth-order valence-corrected chi connectivity index (χ4v) is 1.43. The fourth-order valence-electron chi connectivity index (χ4n) is 1.26. The second kappa shape index (κ2) is 4.41. The molecule has 0 fully saturated rings. The van der Waals surface area contributed by atoms with Crippen LogP contribution in [0.5, 0.6) is 11.6 Å². The maximum absolute atomic E-state index is 5.97. The summed E-state index contributed by atoms with van der Waals surface area (Å²) in [6.07, 6.45) is 0. The van der Waals surface area contributed by atoms with Gasteiger partial charge in [-0.1, -0.05) is 23.7 Å². The first-order chi connectivity index (χ1) is 7.66. The molecule has 82 valence electrons. The maximum Gasteiger partial charge on any atom is 0.242 e. The Balaban J connectivity index is 2.34. The molecule has 0 aliphatic rings. The molecule has 1 heterocycles. The molecule has 0 aliphatic carbocycles. The van der Waals surface area contributed by atoms with Gasteiger partial charge in [0.15, 0.2) is 0 Å². The summed E-state index contributed by atoms with van der Waals surface area (Å²) in [4.78, 5) is 4.20. The van der Waals surface area contributed by atoms with Crippen LogP contribution in [0, 0.1) is 6.92 Å². The largest absolute Gasteiger partial charge is 0.435 e. The van der Waals surface area contributed by atoms with Crippen molar-refractivity contribution in [1.82, 2.24) is 4.98 Å². The molecule has 4 heteroatoms. The Hall–Kier alpha value is -1.74. The number of ether oxygens (including phenoxy) is 1. The van der Waals surface area contributed by atoms with Crippen LogP contribution < -0.4 is 10.5 Å². The molecule has 0 spiro atoms. The minimum absolute atomic E-state index is 0.383. The maximum atomic E-state index is 5.97. The third kappa shape index (κ3) is 2.25. The summed E-state index contributed by atoms with van der Waals surface area (Å²) in [5.41, 5.74) is 7.09. The summed E-state index contributed by atoms with van der Waals surface area (Å²) in [7, 11) is 0. The van der Waals surface area contributed by atoms with Crippen molar-refractivity contribution in [3.8, 4) is 11.6 Å². The SMILES string of the molecule is Cc1ccc(N)c(Oc2ccccc2Cl)n1. The van der Waals surface area contributed by atoms with Gasteiger partial charge in [-0.3, -0.25) is 0 Å². The fraction of sp³-hybridized carbons (Fsp3) is 0.0833. The minimum Gasteiger partial charge on any atom is -0.435 e. The Morgan fingerprint density at radius 1 is 1.19 bits per heavy atom. The molecule has 0 saturated heterocycles. The predicted octanol–water partition coefficient (Wildman–Crippen LogP) is 3.42. The zero-order valence-corrected chi connectivity index (χ0v) is 9.53. The zero-order chi connectivity index (χ0) is 11.5. The lowest BCUT2D eigenvalue weighted by atomic mass is 10.3. The van der Waals surface area contributed by atoms with Crippen LogP contribution in [-0.4, -0.2) is 4.98 Å². The van der Waals surface area contributed by atoms with E-state index in [1.54, 1.807) is 18.2 Å². The first-order valence-corrected chi connectivity index (χ1v) is 5.20. The molecule has 0 atom stereocenters. The topological polar surface area (TPSA) is 48.1 Å². The molecule has 0 amide bonds. The van der Waals surface area contributed by atoms with E-state index < -0.39 is 0 Å². The van der Waals surface area contributed by atoms with Crippen LogP contribution in [0.4, 0.5) is 5.69 Å². The summed E-state index contributed by atoms with van der Waals surface area (Å²) in [6.45, 7) is 1.87. The van der Waals surface area contributed by atoms with Crippen molar-refractivity contribution >= 4 is 17.3 Å². The minimum atomic E-state index is 0.383. The van der Waals surface area contributed by atoms with E-state index in [1.807, 2.05) is 25.1 Å². The quantitative estimate of drug-likeness (QED) is 0.866. The van der Waals surface area contributed by atoms with E-state index in [-0.39, 0.29) is 0 Å². The number of nitrogens with two attached hydrogens (primary N) is 1. The van der Waals surface area contributed by atoms with E-state index in [2.05, 4.69) is 4.98 Å². The van der Waals surface area contributed by atoms with Crippen molar-refractivity contribution in [2.45, 2.75) is 6.92 Å². The molecular formula is C12H11ClN2O. The number of nitrogen functional groups attached to an aromatic ring is 1. The van der Waals surface area contributed by atoms with Crippen LogP contribution in [-0.2, 0) is 0 Å². The second-order valence-electron chi connectivity index (χ2n) is 3.38. The number of benzene rings is 1. The van der Waals surface area contributed by atoms with Gasteiger partial charge in [0, 0.05) is 5.69 Å². The van der Waals surface area contributed by atoms with Crippen molar-refractivity contribution in [3.63, 3.8) is 0 Å². The number of para-hydroxylation sites is 1. The van der Waals surface area contributed by atoms with Gasteiger partial charge >= 0.3 is 0 Å². The Bertz CT molecular complexity index is 514. The molecule has 0 aliphatic heterocycles. The molecular weight excluding hydrogens is 224 g/mol. The van der Waals surface area contributed by atoms with Crippen molar-refractivity contribution in [3.05, 3.63) is 47.1 Å². The molecule has 1 aromatic heterocycles. The number of hydrogen-bond acceptors (Lipinski definition) is 3. The van der Waals surface area contributed by atoms with E-state index in [9.17, 15) is 0 Å². The summed E-state index contributed by atoms with van der Waals surface area (Å²) >= 11 is 5.97. The standard InChI is InChI=1S/C12H11ClN2O/c1-8-6-7-10(14)12(15-8)16-11-5-3-2-4-9(11)13/h2-7H,14H2,1H3. The van der Waals surface area contributed by atoms with Crippen LogP contribution in [0.1, 0.15) is 5.69 Å².